The summed E-state index contributed by atoms with van der Waals surface area (Å²) in [6, 6.07) is 8.05. The highest BCUT2D eigenvalue weighted by atomic mass is 16.2. The van der Waals surface area contributed by atoms with Crippen LogP contribution < -0.4 is 10.6 Å². The summed E-state index contributed by atoms with van der Waals surface area (Å²) in [6.07, 6.45) is 2.77. The van der Waals surface area contributed by atoms with Crippen molar-refractivity contribution in [3.63, 3.8) is 0 Å². The molecule has 2 fully saturated rings. The molecule has 0 saturated carbocycles. The average molecular weight is 386 g/mol. The largest absolute Gasteiger partial charge is 0.352 e. The van der Waals surface area contributed by atoms with Crippen LogP contribution in [-0.4, -0.2) is 58.7 Å². The lowest BCUT2D eigenvalue weighted by atomic mass is 9.84. The van der Waals surface area contributed by atoms with Gasteiger partial charge >= 0.3 is 0 Å². The molecule has 2 saturated heterocycles. The van der Waals surface area contributed by atoms with E-state index in [-0.39, 0.29) is 29.3 Å². The van der Waals surface area contributed by atoms with Crippen molar-refractivity contribution in [2.45, 2.75) is 58.2 Å². The Balaban J connectivity index is 1.73. The minimum atomic E-state index is -0.0818. The van der Waals surface area contributed by atoms with Gasteiger partial charge in [-0.2, -0.15) is 0 Å². The molecule has 2 aliphatic heterocycles. The van der Waals surface area contributed by atoms with E-state index in [4.69, 9.17) is 0 Å². The molecule has 28 heavy (non-hydrogen) atoms. The van der Waals surface area contributed by atoms with Gasteiger partial charge in [0, 0.05) is 64.2 Å². The Morgan fingerprint density at radius 3 is 2.21 bits per heavy atom. The monoisotopic (exact) mass is 386 g/mol. The molecule has 1 aromatic carbocycles. The van der Waals surface area contributed by atoms with Gasteiger partial charge in [-0.25, -0.2) is 0 Å². The molecular formula is C21H30N4O3. The normalized spacial score (nSPS) is 21.5. The van der Waals surface area contributed by atoms with E-state index in [2.05, 4.69) is 15.5 Å². The second-order valence-electron chi connectivity index (χ2n) is 8.09. The SMILES string of the molecule is CC(=O)Nc1ccc(CN2CC(NC(C)=O)CC23CCN(C(C)=O)CC3)cc1. The number of nitrogens with one attached hydrogen (secondary N) is 2. The summed E-state index contributed by atoms with van der Waals surface area (Å²) in [5.74, 6) is 0.0517. The molecule has 1 unspecified atom stereocenters. The summed E-state index contributed by atoms with van der Waals surface area (Å²) in [4.78, 5) is 38.9. The molecule has 1 aromatic rings. The fourth-order valence-corrected chi connectivity index (χ4v) is 4.60. The topological polar surface area (TPSA) is 81.8 Å². The second kappa shape index (κ2) is 8.31. The smallest absolute Gasteiger partial charge is 0.221 e. The van der Waals surface area contributed by atoms with E-state index in [0.29, 0.717) is 0 Å². The maximum Gasteiger partial charge on any atom is 0.221 e. The van der Waals surface area contributed by atoms with Gasteiger partial charge in [-0.05, 0) is 37.0 Å². The summed E-state index contributed by atoms with van der Waals surface area (Å²) in [5, 5.41) is 5.87. The van der Waals surface area contributed by atoms with Gasteiger partial charge in [0.2, 0.25) is 17.7 Å². The quantitative estimate of drug-likeness (QED) is 0.826. The zero-order chi connectivity index (χ0) is 20.3. The van der Waals surface area contributed by atoms with Crippen LogP contribution in [-0.2, 0) is 20.9 Å². The van der Waals surface area contributed by atoms with Gasteiger partial charge in [-0.3, -0.25) is 19.3 Å². The van der Waals surface area contributed by atoms with Crippen molar-refractivity contribution < 1.29 is 14.4 Å². The first-order valence-electron chi connectivity index (χ1n) is 9.92. The number of benzene rings is 1. The first-order valence-corrected chi connectivity index (χ1v) is 9.92. The Hall–Kier alpha value is -2.41. The summed E-state index contributed by atoms with van der Waals surface area (Å²) >= 11 is 0. The first kappa shape index (κ1) is 20.3. The number of carbonyl (C=O) groups excluding carboxylic acids is 3. The van der Waals surface area contributed by atoms with Crippen molar-refractivity contribution in [1.29, 1.82) is 0 Å². The van der Waals surface area contributed by atoms with E-state index >= 15 is 0 Å². The lowest BCUT2D eigenvalue weighted by Gasteiger charge is -2.45. The number of hydrogen-bond donors (Lipinski definition) is 2. The van der Waals surface area contributed by atoms with Gasteiger partial charge in [-0.15, -0.1) is 0 Å². The maximum atomic E-state index is 11.7. The molecule has 0 aliphatic carbocycles. The minimum Gasteiger partial charge on any atom is -0.352 e. The summed E-state index contributed by atoms with van der Waals surface area (Å²) < 4.78 is 0. The Morgan fingerprint density at radius 2 is 1.68 bits per heavy atom. The van der Waals surface area contributed by atoms with Gasteiger partial charge in [-0.1, -0.05) is 12.1 Å². The molecule has 3 rings (SSSR count). The van der Waals surface area contributed by atoms with E-state index in [1.807, 2.05) is 29.2 Å². The summed E-state index contributed by atoms with van der Waals surface area (Å²) in [7, 11) is 0. The van der Waals surface area contributed by atoms with Crippen molar-refractivity contribution in [2.75, 3.05) is 25.0 Å². The van der Waals surface area contributed by atoms with Crippen LogP contribution in [0.15, 0.2) is 24.3 Å². The highest BCUT2D eigenvalue weighted by Gasteiger charge is 2.47. The molecule has 0 bridgehead atoms. The van der Waals surface area contributed by atoms with Crippen LogP contribution in [0.2, 0.25) is 0 Å². The molecule has 2 aliphatic rings. The zero-order valence-electron chi connectivity index (χ0n) is 17.0. The van der Waals surface area contributed by atoms with Crippen molar-refractivity contribution in [3.8, 4) is 0 Å². The fraction of sp³-hybridized carbons (Fsp3) is 0.571. The highest BCUT2D eigenvalue weighted by Crippen LogP contribution is 2.39. The Morgan fingerprint density at radius 1 is 1.04 bits per heavy atom. The average Bonchev–Trinajstić information content (AvgIpc) is 2.92. The third-order valence-electron chi connectivity index (χ3n) is 5.93. The third-order valence-corrected chi connectivity index (χ3v) is 5.93. The molecule has 0 radical (unpaired) electrons. The number of piperidine rings is 1. The predicted molar refractivity (Wildman–Crippen MR) is 108 cm³/mol. The number of carbonyl (C=O) groups is 3. The van der Waals surface area contributed by atoms with E-state index < -0.39 is 0 Å². The standard InChI is InChI=1S/C21H30N4O3/c1-15(26)22-19-6-4-18(5-7-19)13-25-14-20(23-16(2)27)12-21(25)8-10-24(11-9-21)17(3)28/h4-7,20H,8-14H2,1-3H3,(H,22,26)(H,23,27). The van der Waals surface area contributed by atoms with E-state index in [1.54, 1.807) is 13.8 Å². The molecule has 7 heteroatoms. The number of likely N-dealkylation sites (tertiary alicyclic amines) is 2. The predicted octanol–water partition coefficient (Wildman–Crippen LogP) is 1.74. The van der Waals surface area contributed by atoms with E-state index in [0.717, 1.165) is 51.1 Å². The number of nitrogens with zero attached hydrogens (tertiary/aromatic N) is 2. The van der Waals surface area contributed by atoms with Gasteiger partial charge in [0.1, 0.15) is 0 Å². The van der Waals surface area contributed by atoms with E-state index in [9.17, 15) is 14.4 Å². The van der Waals surface area contributed by atoms with Gasteiger partial charge in [0.15, 0.2) is 0 Å². The molecule has 152 valence electrons. The molecule has 2 heterocycles. The van der Waals surface area contributed by atoms with Crippen molar-refractivity contribution in [2.24, 2.45) is 0 Å². The zero-order valence-corrected chi connectivity index (χ0v) is 17.0. The van der Waals surface area contributed by atoms with Crippen molar-refractivity contribution in [1.82, 2.24) is 15.1 Å². The van der Waals surface area contributed by atoms with Gasteiger partial charge < -0.3 is 15.5 Å². The fourth-order valence-electron chi connectivity index (χ4n) is 4.60. The number of amides is 3. The van der Waals surface area contributed by atoms with Crippen LogP contribution in [0.25, 0.3) is 0 Å². The molecule has 0 aromatic heterocycles. The van der Waals surface area contributed by atoms with E-state index in [1.165, 1.54) is 12.5 Å². The van der Waals surface area contributed by atoms with Gasteiger partial charge in [0.25, 0.3) is 0 Å². The number of rotatable bonds is 4. The molecule has 2 N–H and O–H groups in total. The molecule has 1 atom stereocenters. The number of hydrogen-bond acceptors (Lipinski definition) is 4. The first-order chi connectivity index (χ1) is 13.3. The Labute approximate surface area is 166 Å². The minimum absolute atomic E-state index is 0.00262. The van der Waals surface area contributed by atoms with Crippen LogP contribution in [0.4, 0.5) is 5.69 Å². The third kappa shape index (κ3) is 4.70. The van der Waals surface area contributed by atoms with Crippen LogP contribution in [0.5, 0.6) is 0 Å². The molecule has 1 spiro atoms. The van der Waals surface area contributed by atoms with Crippen molar-refractivity contribution in [3.05, 3.63) is 29.8 Å². The van der Waals surface area contributed by atoms with Crippen LogP contribution >= 0.6 is 0 Å². The molecule has 7 nitrogen and oxygen atoms in total. The van der Waals surface area contributed by atoms with Crippen molar-refractivity contribution >= 4 is 23.4 Å². The summed E-state index contributed by atoms with van der Waals surface area (Å²) in [6.45, 7) is 7.82. The Kier molecular flexibility index (Phi) is 6.03. The molecule has 3 amide bonds. The van der Waals surface area contributed by atoms with Crippen LogP contribution in [0.3, 0.4) is 0 Å². The summed E-state index contributed by atoms with van der Waals surface area (Å²) in [5.41, 5.74) is 1.97. The lowest BCUT2D eigenvalue weighted by Crippen LogP contribution is -2.52. The molecular weight excluding hydrogens is 356 g/mol. The maximum absolute atomic E-state index is 11.7. The van der Waals surface area contributed by atoms with Crippen LogP contribution in [0.1, 0.15) is 45.6 Å². The second-order valence-corrected chi connectivity index (χ2v) is 8.09. The Bertz CT molecular complexity index is 739. The van der Waals surface area contributed by atoms with Gasteiger partial charge in [0.05, 0.1) is 0 Å². The number of anilines is 1. The lowest BCUT2D eigenvalue weighted by molar-refractivity contribution is -0.131. The van der Waals surface area contributed by atoms with Crippen LogP contribution in [0, 0.1) is 0 Å². The highest BCUT2D eigenvalue weighted by molar-refractivity contribution is 5.88.